The molecule has 124 valence electrons. The predicted molar refractivity (Wildman–Crippen MR) is 97.9 cm³/mol. The smallest absolute Gasteiger partial charge is 0.234 e. The number of hydrogen-bond donors (Lipinski definition) is 2. The summed E-state index contributed by atoms with van der Waals surface area (Å²) in [5.74, 6) is 0.209. The van der Waals surface area contributed by atoms with E-state index in [0.29, 0.717) is 17.5 Å². The number of rotatable bonds is 4. The summed E-state index contributed by atoms with van der Waals surface area (Å²) in [4.78, 5) is 12.4. The van der Waals surface area contributed by atoms with Gasteiger partial charge in [0.05, 0.1) is 0 Å². The Balaban J connectivity index is 1.63. The van der Waals surface area contributed by atoms with Gasteiger partial charge in [-0.05, 0) is 42.4 Å². The highest BCUT2D eigenvalue weighted by Crippen LogP contribution is 2.25. The van der Waals surface area contributed by atoms with E-state index in [2.05, 4.69) is 25.9 Å². The predicted octanol–water partition coefficient (Wildman–Crippen LogP) is 2.71. The number of nitrogens with one attached hydrogen (secondary N) is 2. The number of anilines is 1. The molecule has 0 fully saturated rings. The van der Waals surface area contributed by atoms with Crippen LogP contribution in [0.5, 0.6) is 0 Å². The Morgan fingerprint density at radius 1 is 1.33 bits per heavy atom. The zero-order chi connectivity index (χ0) is 17.1. The van der Waals surface area contributed by atoms with Crippen LogP contribution in [0, 0.1) is 5.92 Å². The highest BCUT2D eigenvalue weighted by atomic mass is 32.1. The van der Waals surface area contributed by atoms with E-state index < -0.39 is 0 Å². The molecule has 24 heavy (non-hydrogen) atoms. The van der Waals surface area contributed by atoms with Crippen LogP contribution >= 0.6 is 23.6 Å². The van der Waals surface area contributed by atoms with Crippen LogP contribution in [0.25, 0.3) is 15.5 Å². The first-order valence-corrected chi connectivity index (χ1v) is 8.62. The second-order valence-corrected chi connectivity index (χ2v) is 7.01. The van der Waals surface area contributed by atoms with Gasteiger partial charge in [0.25, 0.3) is 0 Å². The van der Waals surface area contributed by atoms with Crippen molar-refractivity contribution < 1.29 is 4.79 Å². The highest BCUT2D eigenvalue weighted by molar-refractivity contribution is 7.80. The lowest BCUT2D eigenvalue weighted by Gasteiger charge is -2.10. The number of fused-ring (bicyclic) bond motifs is 1. The van der Waals surface area contributed by atoms with E-state index in [1.54, 1.807) is 10.8 Å². The van der Waals surface area contributed by atoms with Crippen LogP contribution < -0.4 is 10.6 Å². The van der Waals surface area contributed by atoms with E-state index in [1.807, 2.05) is 38.1 Å². The molecule has 1 aromatic carbocycles. The Morgan fingerprint density at radius 2 is 2.08 bits per heavy atom. The third-order valence-electron chi connectivity index (χ3n) is 3.12. The molecule has 0 atom stereocenters. The van der Waals surface area contributed by atoms with E-state index >= 15 is 0 Å². The average Bonchev–Trinajstić information content (AvgIpc) is 3.08. The zero-order valence-electron chi connectivity index (χ0n) is 13.2. The molecule has 0 saturated heterocycles. The summed E-state index contributed by atoms with van der Waals surface area (Å²) in [6, 6.07) is 7.65. The zero-order valence-corrected chi connectivity index (χ0v) is 14.8. The topological polar surface area (TPSA) is 84.2 Å². The normalized spacial score (nSPS) is 11.0. The van der Waals surface area contributed by atoms with Crippen molar-refractivity contribution in [3.8, 4) is 10.6 Å². The molecule has 2 aromatic heterocycles. The van der Waals surface area contributed by atoms with E-state index in [4.69, 9.17) is 12.2 Å². The number of amides is 1. The van der Waals surface area contributed by atoms with Gasteiger partial charge in [0.15, 0.2) is 5.11 Å². The van der Waals surface area contributed by atoms with Crippen LogP contribution in [0.4, 0.5) is 5.69 Å². The van der Waals surface area contributed by atoms with Crippen molar-refractivity contribution in [2.75, 3.05) is 5.32 Å². The number of aromatic nitrogens is 4. The molecule has 0 saturated carbocycles. The van der Waals surface area contributed by atoms with Gasteiger partial charge < -0.3 is 10.6 Å². The van der Waals surface area contributed by atoms with E-state index in [9.17, 15) is 4.79 Å². The lowest BCUT2D eigenvalue weighted by molar-refractivity contribution is -0.120. The molecule has 2 N–H and O–H groups in total. The van der Waals surface area contributed by atoms with Crippen LogP contribution in [0.1, 0.15) is 20.3 Å². The molecule has 9 heteroatoms. The fourth-order valence-electron chi connectivity index (χ4n) is 2.08. The molecule has 3 rings (SSSR count). The molecule has 0 aliphatic rings. The monoisotopic (exact) mass is 360 g/mol. The quantitative estimate of drug-likeness (QED) is 0.696. The molecule has 0 radical (unpaired) electrons. The van der Waals surface area contributed by atoms with Gasteiger partial charge in [-0.15, -0.1) is 10.2 Å². The standard InChI is InChI=1S/C15H16N6OS2/c1-9(2)7-12(22)18-14(23)17-11-5-3-10(4-6-11)13-20-21-8-16-19-15(21)24-13/h3-6,8-9H,7H2,1-2H3,(H2,17,18,22,23). The van der Waals surface area contributed by atoms with E-state index in [-0.39, 0.29) is 5.91 Å². The number of carbonyl (C=O) groups is 1. The van der Waals surface area contributed by atoms with Gasteiger partial charge in [-0.2, -0.15) is 9.61 Å². The van der Waals surface area contributed by atoms with Gasteiger partial charge >= 0.3 is 0 Å². The third-order valence-corrected chi connectivity index (χ3v) is 4.29. The minimum atomic E-state index is -0.0844. The van der Waals surface area contributed by atoms with Crippen molar-refractivity contribution in [3.63, 3.8) is 0 Å². The molecule has 1 amide bonds. The van der Waals surface area contributed by atoms with Crippen LogP contribution in [0.15, 0.2) is 30.6 Å². The largest absolute Gasteiger partial charge is 0.332 e. The molecule has 0 aliphatic carbocycles. The maximum Gasteiger partial charge on any atom is 0.234 e. The van der Waals surface area contributed by atoms with Gasteiger partial charge in [0.2, 0.25) is 10.9 Å². The van der Waals surface area contributed by atoms with Crippen LogP contribution in [0.3, 0.4) is 0 Å². The number of thiocarbonyl (C=S) groups is 1. The second-order valence-electron chi connectivity index (χ2n) is 5.64. The lowest BCUT2D eigenvalue weighted by atomic mass is 10.1. The molecular weight excluding hydrogens is 344 g/mol. The maximum absolute atomic E-state index is 11.7. The maximum atomic E-state index is 11.7. The highest BCUT2D eigenvalue weighted by Gasteiger charge is 2.09. The Morgan fingerprint density at radius 3 is 2.75 bits per heavy atom. The average molecular weight is 360 g/mol. The first kappa shape index (κ1) is 16.5. The van der Waals surface area contributed by atoms with Crippen molar-refractivity contribution in [1.29, 1.82) is 0 Å². The fraction of sp³-hybridized carbons (Fsp3) is 0.267. The summed E-state index contributed by atoms with van der Waals surface area (Å²) >= 11 is 6.62. The lowest BCUT2D eigenvalue weighted by Crippen LogP contribution is -2.34. The summed E-state index contributed by atoms with van der Waals surface area (Å²) < 4.78 is 1.64. The Bertz CT molecular complexity index is 839. The van der Waals surface area contributed by atoms with E-state index in [0.717, 1.165) is 21.2 Å². The summed E-state index contributed by atoms with van der Waals surface area (Å²) in [7, 11) is 0. The minimum absolute atomic E-state index is 0.0844. The van der Waals surface area contributed by atoms with Gasteiger partial charge in [-0.3, -0.25) is 4.79 Å². The number of benzene rings is 1. The Kier molecular flexibility index (Phi) is 4.81. The van der Waals surface area contributed by atoms with Crippen LogP contribution in [-0.2, 0) is 4.79 Å². The Hall–Kier alpha value is -2.39. The number of nitrogens with zero attached hydrogens (tertiary/aromatic N) is 4. The first-order chi connectivity index (χ1) is 11.5. The van der Waals surface area contributed by atoms with Crippen LogP contribution in [-0.4, -0.2) is 30.8 Å². The van der Waals surface area contributed by atoms with E-state index in [1.165, 1.54) is 11.3 Å². The SMILES string of the molecule is CC(C)CC(=O)NC(=S)Nc1ccc(-c2nn3cnnc3s2)cc1. The molecule has 7 nitrogen and oxygen atoms in total. The van der Waals surface area contributed by atoms with Crippen molar-refractivity contribution in [1.82, 2.24) is 25.1 Å². The van der Waals surface area contributed by atoms with Gasteiger partial charge in [-0.25, -0.2) is 0 Å². The second kappa shape index (κ2) is 7.02. The summed E-state index contributed by atoms with van der Waals surface area (Å²) in [5, 5.41) is 19.0. The van der Waals surface area contributed by atoms with Crippen molar-refractivity contribution in [2.24, 2.45) is 5.92 Å². The Labute approximate surface area is 148 Å². The van der Waals surface area contributed by atoms with Gasteiger partial charge in [-0.1, -0.05) is 25.2 Å². The molecule has 0 aliphatic heterocycles. The molecular formula is C15H16N6OS2. The minimum Gasteiger partial charge on any atom is -0.332 e. The van der Waals surface area contributed by atoms with Crippen molar-refractivity contribution >= 4 is 45.2 Å². The van der Waals surface area contributed by atoms with Crippen LogP contribution in [0.2, 0.25) is 0 Å². The first-order valence-electron chi connectivity index (χ1n) is 7.39. The molecule has 2 heterocycles. The molecule has 0 bridgehead atoms. The molecule has 0 spiro atoms. The third kappa shape index (κ3) is 3.92. The number of hydrogen-bond acceptors (Lipinski definition) is 6. The molecule has 3 aromatic rings. The fourth-order valence-corrected chi connectivity index (χ4v) is 3.14. The summed E-state index contributed by atoms with van der Waals surface area (Å²) in [5.41, 5.74) is 1.78. The van der Waals surface area contributed by atoms with Gasteiger partial charge in [0.1, 0.15) is 11.3 Å². The van der Waals surface area contributed by atoms with Gasteiger partial charge in [0, 0.05) is 17.7 Å². The summed E-state index contributed by atoms with van der Waals surface area (Å²) in [6.07, 6.45) is 2.02. The van der Waals surface area contributed by atoms with Crippen molar-refractivity contribution in [3.05, 3.63) is 30.6 Å². The van der Waals surface area contributed by atoms with Crippen molar-refractivity contribution in [2.45, 2.75) is 20.3 Å². The summed E-state index contributed by atoms with van der Waals surface area (Å²) in [6.45, 7) is 3.97. The molecule has 0 unspecified atom stereocenters. The number of carbonyl (C=O) groups excluding carboxylic acids is 1.